The number of Topliss-reactive ketones (excluding diaryl/α,β-unsaturated/α-hetero) is 1. The molecule has 1 heterocycles. The number of hydrogen-bond acceptors (Lipinski definition) is 7. The Morgan fingerprint density at radius 3 is 1.66 bits per heavy atom. The van der Waals surface area contributed by atoms with Crippen molar-refractivity contribution in [2.75, 3.05) is 7.11 Å². The van der Waals surface area contributed by atoms with Gasteiger partial charge >= 0.3 is 5.97 Å². The number of ketones is 1. The van der Waals surface area contributed by atoms with E-state index in [9.17, 15) is 9.59 Å². The summed E-state index contributed by atoms with van der Waals surface area (Å²) < 4.78 is 31.2. The van der Waals surface area contributed by atoms with E-state index >= 15 is 0 Å². The summed E-state index contributed by atoms with van der Waals surface area (Å²) in [5.74, 6) is -0.825. The van der Waals surface area contributed by atoms with Crippen molar-refractivity contribution in [1.82, 2.24) is 0 Å². The molecule has 1 saturated heterocycles. The third-order valence-corrected chi connectivity index (χ3v) is 16.0. The number of ether oxygens (including phenoxy) is 3. The lowest BCUT2D eigenvalue weighted by Crippen LogP contribution is -2.65. The minimum atomic E-state index is -2.29. The molecule has 188 valence electrons. The second-order valence-corrected chi connectivity index (χ2v) is 21.5. The van der Waals surface area contributed by atoms with Crippen molar-refractivity contribution in [3.63, 3.8) is 0 Å². The number of carbonyl (C=O) groups is 2. The summed E-state index contributed by atoms with van der Waals surface area (Å²) in [4.78, 5) is 24.0. The number of methoxy groups -OCH3 is 1. The van der Waals surface area contributed by atoms with Gasteiger partial charge in [-0.2, -0.15) is 0 Å². The van der Waals surface area contributed by atoms with Crippen LogP contribution in [0.15, 0.2) is 0 Å². The van der Waals surface area contributed by atoms with Crippen LogP contribution in [0.2, 0.25) is 36.3 Å². The second-order valence-electron chi connectivity index (χ2n) is 12.0. The predicted molar refractivity (Wildman–Crippen MR) is 131 cm³/mol. The molecule has 0 bridgehead atoms. The van der Waals surface area contributed by atoms with Crippen LogP contribution in [-0.4, -0.2) is 66.2 Å². The smallest absolute Gasteiger partial charge is 0.313 e. The fourth-order valence-corrected chi connectivity index (χ4v) is 5.60. The van der Waals surface area contributed by atoms with Crippen LogP contribution in [0.4, 0.5) is 0 Å². The van der Waals surface area contributed by atoms with Crippen LogP contribution in [0.1, 0.15) is 61.8 Å². The lowest BCUT2D eigenvalue weighted by molar-refractivity contribution is -0.282. The van der Waals surface area contributed by atoms with E-state index in [0.29, 0.717) is 0 Å². The highest BCUT2D eigenvalue weighted by molar-refractivity contribution is 6.74. The summed E-state index contributed by atoms with van der Waals surface area (Å²) in [7, 11) is -2.95. The van der Waals surface area contributed by atoms with Crippen molar-refractivity contribution in [1.29, 1.82) is 0 Å². The predicted octanol–water partition coefficient (Wildman–Crippen LogP) is 5.05. The van der Waals surface area contributed by atoms with Gasteiger partial charge in [-0.1, -0.05) is 41.5 Å². The summed E-state index contributed by atoms with van der Waals surface area (Å²) in [6.07, 6.45) is -3.27. The highest BCUT2D eigenvalue weighted by Gasteiger charge is 2.54. The van der Waals surface area contributed by atoms with Crippen LogP contribution in [0.25, 0.3) is 0 Å². The average Bonchev–Trinajstić information content (AvgIpc) is 2.57. The van der Waals surface area contributed by atoms with Crippen molar-refractivity contribution < 1.29 is 32.7 Å². The number of hydrogen-bond donors (Lipinski definition) is 0. The van der Waals surface area contributed by atoms with Crippen LogP contribution < -0.4 is 0 Å². The van der Waals surface area contributed by atoms with Crippen molar-refractivity contribution in [3.8, 4) is 0 Å². The molecular weight excluding hydrogens is 444 g/mol. The van der Waals surface area contributed by atoms with Gasteiger partial charge in [0.15, 0.2) is 29.0 Å². The Labute approximate surface area is 197 Å². The minimum Gasteiger partial charge on any atom is -0.456 e. The lowest BCUT2D eigenvalue weighted by Gasteiger charge is -2.51. The average molecular weight is 491 g/mol. The van der Waals surface area contributed by atoms with E-state index in [2.05, 4.69) is 67.7 Å². The van der Waals surface area contributed by atoms with Gasteiger partial charge in [0.2, 0.25) is 0 Å². The molecule has 1 aliphatic heterocycles. The van der Waals surface area contributed by atoms with Crippen molar-refractivity contribution in [2.45, 2.75) is 129 Å². The molecule has 0 aliphatic carbocycles. The Morgan fingerprint density at radius 2 is 1.28 bits per heavy atom. The van der Waals surface area contributed by atoms with Gasteiger partial charge in [-0.25, -0.2) is 0 Å². The number of carbonyl (C=O) groups excluding carboxylic acids is 2. The summed E-state index contributed by atoms with van der Waals surface area (Å²) in [5.41, 5.74) is 0. The van der Waals surface area contributed by atoms with Gasteiger partial charge in [-0.05, 0) is 50.1 Å². The molecule has 9 heteroatoms. The first-order valence-electron chi connectivity index (χ1n) is 11.5. The van der Waals surface area contributed by atoms with Crippen LogP contribution in [0.3, 0.4) is 0 Å². The van der Waals surface area contributed by atoms with Crippen molar-refractivity contribution >= 4 is 28.4 Å². The van der Waals surface area contributed by atoms with Gasteiger partial charge in [0.05, 0.1) is 6.10 Å². The molecule has 0 radical (unpaired) electrons. The Morgan fingerprint density at radius 1 is 0.844 bits per heavy atom. The molecule has 1 fully saturated rings. The zero-order valence-electron chi connectivity index (χ0n) is 22.5. The summed E-state index contributed by atoms with van der Waals surface area (Å²) in [6, 6.07) is 0. The molecule has 0 unspecified atom stereocenters. The third-order valence-electron chi connectivity index (χ3n) is 7.09. The monoisotopic (exact) mass is 490 g/mol. The topological polar surface area (TPSA) is 80.3 Å². The molecule has 0 spiro atoms. The fraction of sp³-hybridized carbons (Fsp3) is 0.913. The van der Waals surface area contributed by atoms with Crippen LogP contribution >= 0.6 is 0 Å². The molecule has 0 N–H and O–H groups in total. The maximum atomic E-state index is 12.5. The number of rotatable bonds is 8. The third kappa shape index (κ3) is 7.20. The SMILES string of the molecule is CO[C@H]1O[C@H](C)[C@@H](OC(=O)CC(C)=O)[C@H](O[Si](C)(C)C(C)(C)C)[C@H]1O[Si](C)(C)C(C)(C)C. The highest BCUT2D eigenvalue weighted by atomic mass is 28.4. The van der Waals surface area contributed by atoms with E-state index in [-0.39, 0.29) is 22.3 Å². The Bertz CT molecular complexity index is 664. The standard InChI is InChI=1S/C23H46O7Si2/c1-15(24)14-17(25)28-18-16(2)27-21(26-9)20(30-32(12,13)23(6,7)8)19(18)29-31(10,11)22(3,4)5/h16,18-21H,14H2,1-13H3/t16-,18-,19+,20-,21+/m1/s1. The van der Waals surface area contributed by atoms with E-state index in [0.717, 1.165) is 0 Å². The Balaban J connectivity index is 3.46. The maximum absolute atomic E-state index is 12.5. The van der Waals surface area contributed by atoms with E-state index in [1.165, 1.54) is 6.92 Å². The first-order valence-corrected chi connectivity index (χ1v) is 17.3. The van der Waals surface area contributed by atoms with Crippen molar-refractivity contribution in [3.05, 3.63) is 0 Å². The van der Waals surface area contributed by atoms with Gasteiger partial charge in [0.25, 0.3) is 0 Å². The second kappa shape index (κ2) is 10.4. The molecule has 0 aromatic rings. The molecular formula is C23H46O7Si2. The lowest BCUT2D eigenvalue weighted by atomic mass is 9.99. The molecule has 5 atom stereocenters. The van der Waals surface area contributed by atoms with E-state index in [4.69, 9.17) is 23.1 Å². The Kier molecular flexibility index (Phi) is 9.53. The molecule has 32 heavy (non-hydrogen) atoms. The van der Waals surface area contributed by atoms with Crippen LogP contribution in [0, 0.1) is 0 Å². The minimum absolute atomic E-state index is 0.0450. The summed E-state index contributed by atoms with van der Waals surface area (Å²) in [6.45, 7) is 24.8. The molecule has 0 aromatic carbocycles. The Hall–Kier alpha value is -0.586. The molecule has 7 nitrogen and oxygen atoms in total. The molecule has 0 amide bonds. The molecule has 0 saturated carbocycles. The molecule has 1 aliphatic rings. The normalized spacial score (nSPS) is 27.8. The molecule has 1 rings (SSSR count). The van der Waals surface area contributed by atoms with Crippen LogP contribution in [0.5, 0.6) is 0 Å². The zero-order chi connectivity index (χ0) is 25.3. The van der Waals surface area contributed by atoms with Gasteiger partial charge in [0.1, 0.15) is 24.4 Å². The zero-order valence-corrected chi connectivity index (χ0v) is 24.5. The fourth-order valence-electron chi connectivity index (χ4n) is 3.02. The summed E-state index contributed by atoms with van der Waals surface area (Å²) >= 11 is 0. The van der Waals surface area contributed by atoms with Gasteiger partial charge in [-0.3, -0.25) is 9.59 Å². The van der Waals surface area contributed by atoms with Gasteiger partial charge < -0.3 is 23.1 Å². The first-order chi connectivity index (χ1) is 14.2. The molecule has 0 aromatic heterocycles. The largest absolute Gasteiger partial charge is 0.456 e. The van der Waals surface area contributed by atoms with E-state index < -0.39 is 53.3 Å². The maximum Gasteiger partial charge on any atom is 0.313 e. The first kappa shape index (κ1) is 29.4. The quantitative estimate of drug-likeness (QED) is 0.267. The van der Waals surface area contributed by atoms with Crippen LogP contribution in [-0.2, 0) is 32.7 Å². The number of esters is 1. The van der Waals surface area contributed by atoms with Gasteiger partial charge in [0, 0.05) is 7.11 Å². The van der Waals surface area contributed by atoms with Gasteiger partial charge in [-0.15, -0.1) is 0 Å². The van der Waals surface area contributed by atoms with Crippen molar-refractivity contribution in [2.24, 2.45) is 0 Å². The summed E-state index contributed by atoms with van der Waals surface area (Å²) in [5, 5.41) is -0.108. The highest BCUT2D eigenvalue weighted by Crippen LogP contribution is 2.43. The van der Waals surface area contributed by atoms with E-state index in [1.807, 2.05) is 6.92 Å². The van der Waals surface area contributed by atoms with E-state index in [1.54, 1.807) is 7.11 Å².